The summed E-state index contributed by atoms with van der Waals surface area (Å²) in [6.07, 6.45) is 3.87. The number of methoxy groups -OCH3 is 1. The van der Waals surface area contributed by atoms with Crippen molar-refractivity contribution in [3.63, 3.8) is 0 Å². The van der Waals surface area contributed by atoms with Crippen LogP contribution in [0.4, 0.5) is 5.69 Å². The van der Waals surface area contributed by atoms with Gasteiger partial charge in [0.15, 0.2) is 0 Å². The van der Waals surface area contributed by atoms with Crippen molar-refractivity contribution in [3.05, 3.63) is 45.9 Å². The first-order valence-electron chi connectivity index (χ1n) is 7.23. The van der Waals surface area contributed by atoms with E-state index in [-0.39, 0.29) is 5.57 Å². The number of hydrogen-bond acceptors (Lipinski definition) is 5. The minimum absolute atomic E-state index is 0.0172. The molecule has 1 aromatic heterocycles. The van der Waals surface area contributed by atoms with Gasteiger partial charge in [-0.2, -0.15) is 5.26 Å². The Bertz CT molecular complexity index is 800. The van der Waals surface area contributed by atoms with Crippen molar-refractivity contribution >= 4 is 29.0 Å². The van der Waals surface area contributed by atoms with Crippen LogP contribution >= 0.6 is 11.3 Å². The molecule has 2 aromatic rings. The molecule has 5 nitrogen and oxygen atoms in total. The minimum atomic E-state index is -0.474. The fourth-order valence-corrected chi connectivity index (χ4v) is 3.07. The number of rotatable bonds is 5. The summed E-state index contributed by atoms with van der Waals surface area (Å²) in [6.45, 7) is 0. The zero-order valence-electron chi connectivity index (χ0n) is 12.6. The molecule has 6 heteroatoms. The lowest BCUT2D eigenvalue weighted by Gasteiger charge is -2.08. The second-order valence-corrected chi connectivity index (χ2v) is 6.10. The average Bonchev–Trinajstić information content (AvgIpc) is 3.32. The predicted molar refractivity (Wildman–Crippen MR) is 89.3 cm³/mol. The van der Waals surface area contributed by atoms with Crippen LogP contribution in [-0.4, -0.2) is 18.0 Å². The lowest BCUT2D eigenvalue weighted by molar-refractivity contribution is -0.112. The largest absolute Gasteiger partial charge is 0.495 e. The summed E-state index contributed by atoms with van der Waals surface area (Å²) >= 11 is 1.58. The number of para-hydroxylation sites is 2. The number of anilines is 1. The topological polar surface area (TPSA) is 75.0 Å². The Hall–Kier alpha value is -2.65. The lowest BCUT2D eigenvalue weighted by Crippen LogP contribution is -2.14. The standard InChI is InChI=1S/C17H15N3O2S/c1-22-15-5-3-2-4-14(15)20-16(21)12(9-18)8-13-10-23-17(19-13)11-6-7-11/h2-5,8,10-11H,6-7H2,1H3,(H,20,21)/b12-8-. The molecule has 1 amide bonds. The number of nitrogens with zero attached hydrogens (tertiary/aromatic N) is 2. The molecule has 0 atom stereocenters. The van der Waals surface area contributed by atoms with Gasteiger partial charge in [-0.25, -0.2) is 4.98 Å². The Morgan fingerprint density at radius 3 is 2.96 bits per heavy atom. The highest BCUT2D eigenvalue weighted by atomic mass is 32.1. The summed E-state index contributed by atoms with van der Waals surface area (Å²) in [6, 6.07) is 9.00. The van der Waals surface area contributed by atoms with Gasteiger partial charge < -0.3 is 10.1 Å². The van der Waals surface area contributed by atoms with Gasteiger partial charge in [0.25, 0.3) is 5.91 Å². The van der Waals surface area contributed by atoms with Crippen LogP contribution < -0.4 is 10.1 Å². The Balaban J connectivity index is 1.77. The van der Waals surface area contributed by atoms with Crippen LogP contribution in [0, 0.1) is 11.3 Å². The molecule has 1 saturated carbocycles. The molecule has 1 aliphatic carbocycles. The van der Waals surface area contributed by atoms with E-state index in [1.807, 2.05) is 17.5 Å². The second-order valence-electron chi connectivity index (χ2n) is 5.21. The van der Waals surface area contributed by atoms with Gasteiger partial charge in [-0.1, -0.05) is 12.1 Å². The maximum atomic E-state index is 12.3. The molecule has 3 rings (SSSR count). The van der Waals surface area contributed by atoms with Gasteiger partial charge in [-0.05, 0) is 31.1 Å². The number of hydrogen-bond donors (Lipinski definition) is 1. The zero-order valence-corrected chi connectivity index (χ0v) is 13.4. The van der Waals surface area contributed by atoms with E-state index in [0.29, 0.717) is 23.0 Å². The number of benzene rings is 1. The highest BCUT2D eigenvalue weighted by Crippen LogP contribution is 2.41. The molecule has 1 fully saturated rings. The molecule has 0 aliphatic heterocycles. The van der Waals surface area contributed by atoms with Crippen LogP contribution in [0.3, 0.4) is 0 Å². The van der Waals surface area contributed by atoms with E-state index in [1.54, 1.807) is 29.5 Å². The number of carbonyl (C=O) groups excluding carboxylic acids is 1. The molecule has 1 aliphatic rings. The second kappa shape index (κ2) is 6.63. The lowest BCUT2D eigenvalue weighted by atomic mass is 10.2. The van der Waals surface area contributed by atoms with E-state index in [9.17, 15) is 10.1 Å². The zero-order chi connectivity index (χ0) is 16.2. The number of ether oxygens (including phenoxy) is 1. The van der Waals surface area contributed by atoms with Crippen molar-refractivity contribution in [2.45, 2.75) is 18.8 Å². The first-order chi connectivity index (χ1) is 11.2. The third-order valence-electron chi connectivity index (χ3n) is 3.48. The summed E-state index contributed by atoms with van der Waals surface area (Å²) < 4.78 is 5.19. The molecular weight excluding hydrogens is 310 g/mol. The molecule has 0 unspecified atom stereocenters. The number of nitriles is 1. The number of amides is 1. The first-order valence-corrected chi connectivity index (χ1v) is 8.11. The fraction of sp³-hybridized carbons (Fsp3) is 0.235. The molecule has 1 N–H and O–H groups in total. The van der Waals surface area contributed by atoms with Crippen LogP contribution in [0.5, 0.6) is 5.75 Å². The van der Waals surface area contributed by atoms with E-state index in [4.69, 9.17) is 4.74 Å². The third-order valence-corrected chi connectivity index (χ3v) is 4.50. The summed E-state index contributed by atoms with van der Waals surface area (Å²) in [5, 5.41) is 14.9. The molecule has 0 spiro atoms. The van der Waals surface area contributed by atoms with E-state index in [1.165, 1.54) is 26.0 Å². The van der Waals surface area contributed by atoms with Crippen LogP contribution in [0.2, 0.25) is 0 Å². The number of nitrogens with one attached hydrogen (secondary N) is 1. The Morgan fingerprint density at radius 2 is 2.26 bits per heavy atom. The molecule has 1 aromatic carbocycles. The summed E-state index contributed by atoms with van der Waals surface area (Å²) in [5.74, 6) is 0.635. The minimum Gasteiger partial charge on any atom is -0.495 e. The molecule has 0 bridgehead atoms. The molecule has 23 heavy (non-hydrogen) atoms. The number of carbonyl (C=O) groups is 1. The van der Waals surface area contributed by atoms with Crippen LogP contribution in [0.25, 0.3) is 6.08 Å². The van der Waals surface area contributed by atoms with Gasteiger partial charge >= 0.3 is 0 Å². The van der Waals surface area contributed by atoms with Crippen LogP contribution in [-0.2, 0) is 4.79 Å². The van der Waals surface area contributed by atoms with Crippen molar-refractivity contribution < 1.29 is 9.53 Å². The van der Waals surface area contributed by atoms with Crippen LogP contribution in [0.1, 0.15) is 29.5 Å². The Kier molecular flexibility index (Phi) is 4.40. The van der Waals surface area contributed by atoms with Crippen molar-refractivity contribution in [1.82, 2.24) is 4.98 Å². The van der Waals surface area contributed by atoms with Crippen molar-refractivity contribution in [3.8, 4) is 11.8 Å². The van der Waals surface area contributed by atoms with Gasteiger partial charge in [-0.3, -0.25) is 4.79 Å². The molecule has 116 valence electrons. The fourth-order valence-electron chi connectivity index (χ4n) is 2.12. The molecular formula is C17H15N3O2S. The maximum absolute atomic E-state index is 12.3. The quantitative estimate of drug-likeness (QED) is 0.673. The van der Waals surface area contributed by atoms with Crippen LogP contribution in [0.15, 0.2) is 35.2 Å². The Labute approximate surface area is 138 Å². The van der Waals surface area contributed by atoms with Gasteiger partial charge in [0.05, 0.1) is 23.5 Å². The first kappa shape index (κ1) is 15.3. The van der Waals surface area contributed by atoms with E-state index in [2.05, 4.69) is 10.3 Å². The normalized spacial score (nSPS) is 14.2. The summed E-state index contributed by atoms with van der Waals surface area (Å²) in [7, 11) is 1.53. The smallest absolute Gasteiger partial charge is 0.266 e. The van der Waals surface area contributed by atoms with Gasteiger partial charge in [-0.15, -0.1) is 11.3 Å². The highest BCUT2D eigenvalue weighted by molar-refractivity contribution is 7.09. The monoisotopic (exact) mass is 325 g/mol. The van der Waals surface area contributed by atoms with Crippen molar-refractivity contribution in [2.75, 3.05) is 12.4 Å². The maximum Gasteiger partial charge on any atom is 0.266 e. The average molecular weight is 325 g/mol. The van der Waals surface area contributed by atoms with Gasteiger partial charge in [0, 0.05) is 11.3 Å². The van der Waals surface area contributed by atoms with Crippen molar-refractivity contribution in [1.29, 1.82) is 5.26 Å². The Morgan fingerprint density at radius 1 is 1.48 bits per heavy atom. The molecule has 0 radical (unpaired) electrons. The predicted octanol–water partition coefficient (Wildman–Crippen LogP) is 3.57. The highest BCUT2D eigenvalue weighted by Gasteiger charge is 2.26. The number of thiazole rings is 1. The van der Waals surface area contributed by atoms with Gasteiger partial charge in [0.1, 0.15) is 17.4 Å². The molecule has 1 heterocycles. The number of aromatic nitrogens is 1. The van der Waals surface area contributed by atoms with E-state index < -0.39 is 5.91 Å². The van der Waals surface area contributed by atoms with E-state index >= 15 is 0 Å². The van der Waals surface area contributed by atoms with Gasteiger partial charge in [0.2, 0.25) is 0 Å². The van der Waals surface area contributed by atoms with E-state index in [0.717, 1.165) is 5.01 Å². The van der Waals surface area contributed by atoms with Crippen molar-refractivity contribution in [2.24, 2.45) is 0 Å². The SMILES string of the molecule is COc1ccccc1NC(=O)/C(C#N)=C\c1csc(C2CC2)n1. The molecule has 0 saturated heterocycles. The summed E-state index contributed by atoms with van der Waals surface area (Å²) in [4.78, 5) is 16.8. The third kappa shape index (κ3) is 3.58. The summed E-state index contributed by atoms with van der Waals surface area (Å²) in [5.41, 5.74) is 1.20.